The molecular weight excluding hydrogens is 242 g/mol. The molecule has 0 atom stereocenters. The molecule has 0 aliphatic rings. The molecule has 17 heavy (non-hydrogen) atoms. The minimum atomic E-state index is -3.52. The van der Waals surface area contributed by atoms with Gasteiger partial charge in [-0.3, -0.25) is 0 Å². The maximum Gasteiger partial charge on any atom is 0.258 e. The van der Waals surface area contributed by atoms with Crippen LogP contribution in [0.5, 0.6) is 0 Å². The van der Waals surface area contributed by atoms with Crippen LogP contribution in [-0.4, -0.2) is 33.7 Å². The van der Waals surface area contributed by atoms with E-state index >= 15 is 0 Å². The lowest BCUT2D eigenvalue weighted by Crippen LogP contribution is -2.26. The molecule has 0 unspecified atom stereocenters. The summed E-state index contributed by atoms with van der Waals surface area (Å²) in [7, 11) is -1.95. The number of aromatic nitrogens is 1. The van der Waals surface area contributed by atoms with Crippen molar-refractivity contribution in [2.75, 3.05) is 20.3 Å². The Morgan fingerprint density at radius 1 is 1.47 bits per heavy atom. The SMILES string of the molecule is COCCCNS(=O)(=O)c1ccc(CN)cn1. The molecule has 0 saturated carbocycles. The van der Waals surface area contributed by atoms with Crippen molar-refractivity contribution in [1.29, 1.82) is 0 Å². The summed E-state index contributed by atoms with van der Waals surface area (Å²) in [4.78, 5) is 3.86. The van der Waals surface area contributed by atoms with Crippen molar-refractivity contribution < 1.29 is 13.2 Å². The minimum Gasteiger partial charge on any atom is -0.385 e. The third kappa shape index (κ3) is 4.39. The fourth-order valence-corrected chi connectivity index (χ4v) is 2.19. The molecule has 0 aromatic carbocycles. The van der Waals surface area contributed by atoms with E-state index in [1.165, 1.54) is 12.3 Å². The number of nitrogens with zero attached hydrogens (tertiary/aromatic N) is 1. The Balaban J connectivity index is 2.62. The molecule has 0 amide bonds. The normalized spacial score (nSPS) is 11.6. The maximum atomic E-state index is 11.7. The lowest BCUT2D eigenvalue weighted by Gasteiger charge is -2.06. The van der Waals surface area contributed by atoms with Crippen molar-refractivity contribution in [3.8, 4) is 0 Å². The van der Waals surface area contributed by atoms with E-state index in [4.69, 9.17) is 10.5 Å². The molecule has 1 aromatic heterocycles. The van der Waals surface area contributed by atoms with Gasteiger partial charge in [0, 0.05) is 33.0 Å². The van der Waals surface area contributed by atoms with E-state index in [2.05, 4.69) is 9.71 Å². The van der Waals surface area contributed by atoms with Crippen molar-refractivity contribution in [2.45, 2.75) is 18.0 Å². The molecule has 0 radical (unpaired) electrons. The van der Waals surface area contributed by atoms with Crippen LogP contribution in [0, 0.1) is 0 Å². The van der Waals surface area contributed by atoms with Crippen molar-refractivity contribution in [2.24, 2.45) is 5.73 Å². The number of rotatable bonds is 7. The molecule has 7 heteroatoms. The van der Waals surface area contributed by atoms with Gasteiger partial charge in [-0.25, -0.2) is 18.1 Å². The summed E-state index contributed by atoms with van der Waals surface area (Å²) in [5.74, 6) is 0. The smallest absolute Gasteiger partial charge is 0.258 e. The van der Waals surface area contributed by atoms with Crippen molar-refractivity contribution in [3.05, 3.63) is 23.9 Å². The first kappa shape index (κ1) is 14.0. The number of nitrogens with one attached hydrogen (secondary N) is 1. The molecule has 0 spiro atoms. The first-order valence-electron chi connectivity index (χ1n) is 5.24. The Morgan fingerprint density at radius 2 is 2.24 bits per heavy atom. The summed E-state index contributed by atoms with van der Waals surface area (Å²) < 4.78 is 30.8. The van der Waals surface area contributed by atoms with E-state index < -0.39 is 10.0 Å². The molecule has 3 N–H and O–H groups in total. The number of sulfonamides is 1. The summed E-state index contributed by atoms with van der Waals surface area (Å²) in [6.07, 6.45) is 2.08. The Kier molecular flexibility index (Phi) is 5.49. The molecule has 6 nitrogen and oxygen atoms in total. The number of hydrogen-bond acceptors (Lipinski definition) is 5. The molecule has 0 aliphatic carbocycles. The number of nitrogens with two attached hydrogens (primary N) is 1. The number of ether oxygens (including phenoxy) is 1. The zero-order valence-corrected chi connectivity index (χ0v) is 10.5. The fourth-order valence-electron chi connectivity index (χ4n) is 1.19. The zero-order chi connectivity index (χ0) is 12.7. The van der Waals surface area contributed by atoms with Crippen LogP contribution >= 0.6 is 0 Å². The van der Waals surface area contributed by atoms with E-state index in [-0.39, 0.29) is 5.03 Å². The van der Waals surface area contributed by atoms with Gasteiger partial charge in [-0.1, -0.05) is 6.07 Å². The monoisotopic (exact) mass is 259 g/mol. The standard InChI is InChI=1S/C10H17N3O3S/c1-16-6-2-5-13-17(14,15)10-4-3-9(7-11)8-12-10/h3-4,8,13H,2,5-7,11H2,1H3. The highest BCUT2D eigenvalue weighted by atomic mass is 32.2. The molecular formula is C10H17N3O3S. The van der Waals surface area contributed by atoms with Crippen LogP contribution in [0.4, 0.5) is 0 Å². The first-order valence-corrected chi connectivity index (χ1v) is 6.72. The van der Waals surface area contributed by atoms with E-state index in [1.807, 2.05) is 0 Å². The second-order valence-electron chi connectivity index (χ2n) is 3.45. The molecule has 0 fully saturated rings. The van der Waals surface area contributed by atoms with Crippen LogP contribution in [-0.2, 0) is 21.3 Å². The highest BCUT2D eigenvalue weighted by Crippen LogP contribution is 2.05. The fraction of sp³-hybridized carbons (Fsp3) is 0.500. The maximum absolute atomic E-state index is 11.7. The number of hydrogen-bond donors (Lipinski definition) is 2. The van der Waals surface area contributed by atoms with Gasteiger partial charge in [0.1, 0.15) is 0 Å². The van der Waals surface area contributed by atoms with Crippen molar-refractivity contribution in [3.63, 3.8) is 0 Å². The summed E-state index contributed by atoms with van der Waals surface area (Å²) in [5, 5.41) is 0.00659. The van der Waals surface area contributed by atoms with Crippen LogP contribution < -0.4 is 10.5 Å². The highest BCUT2D eigenvalue weighted by Gasteiger charge is 2.14. The van der Waals surface area contributed by atoms with Crippen molar-refractivity contribution in [1.82, 2.24) is 9.71 Å². The van der Waals surface area contributed by atoms with Gasteiger partial charge in [-0.15, -0.1) is 0 Å². The summed E-state index contributed by atoms with van der Waals surface area (Å²) in [5.41, 5.74) is 6.20. The van der Waals surface area contributed by atoms with Gasteiger partial charge < -0.3 is 10.5 Å². The molecule has 0 saturated heterocycles. The zero-order valence-electron chi connectivity index (χ0n) is 9.72. The van der Waals surface area contributed by atoms with Crippen LogP contribution in [0.25, 0.3) is 0 Å². The Morgan fingerprint density at radius 3 is 2.76 bits per heavy atom. The summed E-state index contributed by atoms with van der Waals surface area (Å²) in [6, 6.07) is 3.09. The predicted octanol–water partition coefficient (Wildman–Crippen LogP) is -0.145. The van der Waals surface area contributed by atoms with Gasteiger partial charge in [0.25, 0.3) is 10.0 Å². The number of methoxy groups -OCH3 is 1. The van der Waals surface area contributed by atoms with E-state index in [1.54, 1.807) is 13.2 Å². The first-order chi connectivity index (χ1) is 8.10. The quantitative estimate of drug-likeness (QED) is 0.664. The van der Waals surface area contributed by atoms with Crippen LogP contribution in [0.3, 0.4) is 0 Å². The van der Waals surface area contributed by atoms with Crippen LogP contribution in [0.2, 0.25) is 0 Å². The second-order valence-corrected chi connectivity index (χ2v) is 5.17. The van der Waals surface area contributed by atoms with Gasteiger partial charge >= 0.3 is 0 Å². The van der Waals surface area contributed by atoms with E-state index in [0.29, 0.717) is 26.1 Å². The van der Waals surface area contributed by atoms with Gasteiger partial charge in [0.05, 0.1) is 0 Å². The number of pyridine rings is 1. The Labute approximate surface area is 101 Å². The van der Waals surface area contributed by atoms with Gasteiger partial charge in [-0.05, 0) is 18.1 Å². The molecule has 1 heterocycles. The van der Waals surface area contributed by atoms with E-state index in [0.717, 1.165) is 5.56 Å². The largest absolute Gasteiger partial charge is 0.385 e. The van der Waals surface area contributed by atoms with Gasteiger partial charge in [-0.2, -0.15) is 0 Å². The summed E-state index contributed by atoms with van der Waals surface area (Å²) in [6.45, 7) is 1.19. The lowest BCUT2D eigenvalue weighted by molar-refractivity contribution is 0.196. The summed E-state index contributed by atoms with van der Waals surface area (Å²) >= 11 is 0. The average molecular weight is 259 g/mol. The Bertz CT molecular complexity index is 431. The third-order valence-corrected chi connectivity index (χ3v) is 3.50. The molecule has 1 aromatic rings. The average Bonchev–Trinajstić information content (AvgIpc) is 2.35. The minimum absolute atomic E-state index is 0.00659. The van der Waals surface area contributed by atoms with Gasteiger partial charge in [0.15, 0.2) is 5.03 Å². The molecule has 0 aliphatic heterocycles. The predicted molar refractivity (Wildman–Crippen MR) is 63.8 cm³/mol. The van der Waals surface area contributed by atoms with Gasteiger partial charge in [0.2, 0.25) is 0 Å². The van der Waals surface area contributed by atoms with Crippen LogP contribution in [0.15, 0.2) is 23.4 Å². The molecule has 96 valence electrons. The topological polar surface area (TPSA) is 94.3 Å². The molecule has 0 bridgehead atoms. The second kappa shape index (κ2) is 6.65. The van der Waals surface area contributed by atoms with Crippen molar-refractivity contribution >= 4 is 10.0 Å². The molecule has 1 rings (SSSR count). The Hall–Kier alpha value is -1.02. The van der Waals surface area contributed by atoms with Crippen LogP contribution in [0.1, 0.15) is 12.0 Å². The third-order valence-electron chi connectivity index (χ3n) is 2.13. The highest BCUT2D eigenvalue weighted by molar-refractivity contribution is 7.89. The lowest BCUT2D eigenvalue weighted by atomic mass is 10.3. The van der Waals surface area contributed by atoms with E-state index in [9.17, 15) is 8.42 Å².